The van der Waals surface area contributed by atoms with Crippen LogP contribution in [0.15, 0.2) is 91.0 Å². The fraction of sp³-hybridized carbons (Fsp3) is 0.333. The van der Waals surface area contributed by atoms with Gasteiger partial charge in [0.2, 0.25) is 11.8 Å². The van der Waals surface area contributed by atoms with Gasteiger partial charge in [-0.15, -0.1) is 11.8 Å². The van der Waals surface area contributed by atoms with E-state index >= 15 is 0 Å². The maximum atomic E-state index is 13.6. The molecule has 182 valence electrons. The predicted molar refractivity (Wildman–Crippen MR) is 144 cm³/mol. The molecule has 1 N–H and O–H groups in total. The van der Waals surface area contributed by atoms with Crippen LogP contribution in [0.1, 0.15) is 42.4 Å². The second-order valence-electron chi connectivity index (χ2n) is 9.18. The largest absolute Gasteiger partial charge is 0.352 e. The Balaban J connectivity index is 1.54. The van der Waals surface area contributed by atoms with Crippen molar-refractivity contribution in [3.8, 4) is 0 Å². The van der Waals surface area contributed by atoms with Crippen LogP contribution in [-0.2, 0) is 28.3 Å². The summed E-state index contributed by atoms with van der Waals surface area (Å²) in [6.07, 6.45) is 4.84. The van der Waals surface area contributed by atoms with E-state index in [-0.39, 0.29) is 17.9 Å². The zero-order valence-corrected chi connectivity index (χ0v) is 21.0. The lowest BCUT2D eigenvalue weighted by atomic mass is 10.0. The molecule has 4 nitrogen and oxygen atoms in total. The lowest BCUT2D eigenvalue weighted by molar-refractivity contribution is -0.139. The number of carbonyl (C=O) groups excluding carboxylic acids is 2. The number of thioether (sulfide) groups is 1. The maximum Gasteiger partial charge on any atom is 0.243 e. The summed E-state index contributed by atoms with van der Waals surface area (Å²) >= 11 is 1.60. The summed E-state index contributed by atoms with van der Waals surface area (Å²) in [7, 11) is 0. The highest BCUT2D eigenvalue weighted by atomic mass is 32.2. The number of amides is 2. The van der Waals surface area contributed by atoms with Gasteiger partial charge in [-0.1, -0.05) is 104 Å². The smallest absolute Gasteiger partial charge is 0.243 e. The van der Waals surface area contributed by atoms with Gasteiger partial charge < -0.3 is 10.2 Å². The van der Waals surface area contributed by atoms with Crippen LogP contribution >= 0.6 is 11.8 Å². The first-order chi connectivity index (χ1) is 17.2. The van der Waals surface area contributed by atoms with E-state index in [1.54, 1.807) is 16.7 Å². The maximum absolute atomic E-state index is 13.6. The molecule has 1 saturated carbocycles. The third-order valence-corrected chi connectivity index (χ3v) is 7.49. The van der Waals surface area contributed by atoms with Gasteiger partial charge in [-0.3, -0.25) is 9.59 Å². The molecule has 0 spiro atoms. The topological polar surface area (TPSA) is 49.4 Å². The van der Waals surface area contributed by atoms with Gasteiger partial charge in [0.1, 0.15) is 6.04 Å². The number of carbonyl (C=O) groups is 2. The number of hydrogen-bond acceptors (Lipinski definition) is 3. The van der Waals surface area contributed by atoms with Crippen LogP contribution in [0.25, 0.3) is 0 Å². The number of rotatable bonds is 11. The van der Waals surface area contributed by atoms with Crippen molar-refractivity contribution in [3.05, 3.63) is 108 Å². The highest BCUT2D eigenvalue weighted by molar-refractivity contribution is 7.99. The molecule has 5 heteroatoms. The van der Waals surface area contributed by atoms with E-state index in [9.17, 15) is 9.59 Å². The van der Waals surface area contributed by atoms with Crippen molar-refractivity contribution < 1.29 is 9.59 Å². The third-order valence-electron chi connectivity index (χ3n) is 6.51. The number of nitrogens with zero attached hydrogens (tertiary/aromatic N) is 1. The van der Waals surface area contributed by atoms with Crippen molar-refractivity contribution in [3.63, 3.8) is 0 Å². The molecular formula is C30H34N2O2S. The zero-order valence-electron chi connectivity index (χ0n) is 20.1. The summed E-state index contributed by atoms with van der Waals surface area (Å²) in [6, 6.07) is 29.8. The molecule has 0 bridgehead atoms. The van der Waals surface area contributed by atoms with Crippen LogP contribution in [0.5, 0.6) is 0 Å². The van der Waals surface area contributed by atoms with Crippen LogP contribution in [0.4, 0.5) is 0 Å². The average molecular weight is 487 g/mol. The van der Waals surface area contributed by atoms with Crippen LogP contribution in [0, 0.1) is 0 Å². The van der Waals surface area contributed by atoms with Gasteiger partial charge in [-0.05, 0) is 29.5 Å². The number of hydrogen-bond donors (Lipinski definition) is 1. The SMILES string of the molecule is O=C(NC1CCCC1)[C@H](Cc1ccccc1)N(Cc1ccccc1)C(=O)CSCc1ccccc1. The molecule has 2 amide bonds. The summed E-state index contributed by atoms with van der Waals surface area (Å²) in [5, 5.41) is 3.26. The molecule has 1 fully saturated rings. The van der Waals surface area contributed by atoms with E-state index in [0.717, 1.165) is 42.6 Å². The molecule has 0 saturated heterocycles. The minimum atomic E-state index is -0.553. The van der Waals surface area contributed by atoms with E-state index in [1.165, 1.54) is 5.56 Å². The Bertz CT molecular complexity index is 1050. The summed E-state index contributed by atoms with van der Waals surface area (Å²) in [5.74, 6) is 1.06. The van der Waals surface area contributed by atoms with E-state index in [2.05, 4.69) is 17.4 Å². The normalized spacial score (nSPS) is 14.4. The molecule has 35 heavy (non-hydrogen) atoms. The first kappa shape index (κ1) is 25.1. The fourth-order valence-electron chi connectivity index (χ4n) is 4.61. The van der Waals surface area contributed by atoms with Crippen LogP contribution in [0.3, 0.4) is 0 Å². The number of benzene rings is 3. The molecule has 0 aromatic heterocycles. The van der Waals surface area contributed by atoms with Gasteiger partial charge in [0, 0.05) is 24.8 Å². The van der Waals surface area contributed by atoms with Gasteiger partial charge in [-0.25, -0.2) is 0 Å². The Morgan fingerprint density at radius 3 is 1.94 bits per heavy atom. The first-order valence-corrected chi connectivity index (χ1v) is 13.6. The van der Waals surface area contributed by atoms with Crippen LogP contribution in [-0.4, -0.2) is 34.6 Å². The van der Waals surface area contributed by atoms with Gasteiger partial charge in [0.15, 0.2) is 0 Å². The summed E-state index contributed by atoms with van der Waals surface area (Å²) in [4.78, 5) is 29.1. The lowest BCUT2D eigenvalue weighted by Gasteiger charge is -2.32. The summed E-state index contributed by atoms with van der Waals surface area (Å²) < 4.78 is 0. The van der Waals surface area contributed by atoms with Crippen LogP contribution < -0.4 is 5.32 Å². The van der Waals surface area contributed by atoms with E-state index < -0.39 is 6.04 Å². The minimum absolute atomic E-state index is 0.00251. The minimum Gasteiger partial charge on any atom is -0.352 e. The van der Waals surface area contributed by atoms with Crippen molar-refractivity contribution in [1.29, 1.82) is 0 Å². The molecule has 0 heterocycles. The van der Waals surface area contributed by atoms with Gasteiger partial charge in [0.05, 0.1) is 5.75 Å². The van der Waals surface area contributed by atoms with Crippen molar-refractivity contribution in [2.24, 2.45) is 0 Å². The fourth-order valence-corrected chi connectivity index (χ4v) is 5.49. The second-order valence-corrected chi connectivity index (χ2v) is 10.2. The average Bonchev–Trinajstić information content (AvgIpc) is 3.41. The summed E-state index contributed by atoms with van der Waals surface area (Å²) in [5.41, 5.74) is 3.28. The monoisotopic (exact) mass is 486 g/mol. The molecule has 4 rings (SSSR count). The predicted octanol–water partition coefficient (Wildman–Crippen LogP) is 5.62. The molecule has 3 aromatic rings. The van der Waals surface area contributed by atoms with E-state index in [0.29, 0.717) is 18.7 Å². The van der Waals surface area contributed by atoms with Crippen molar-refractivity contribution in [2.45, 2.75) is 56.5 Å². The van der Waals surface area contributed by atoms with Gasteiger partial charge in [-0.2, -0.15) is 0 Å². The molecule has 0 aliphatic heterocycles. The molecule has 1 aliphatic rings. The Morgan fingerprint density at radius 2 is 1.34 bits per heavy atom. The molecule has 1 aliphatic carbocycles. The van der Waals surface area contributed by atoms with Crippen molar-refractivity contribution in [1.82, 2.24) is 10.2 Å². The molecule has 0 radical (unpaired) electrons. The highest BCUT2D eigenvalue weighted by Gasteiger charge is 2.32. The molecule has 1 atom stereocenters. The van der Waals surface area contributed by atoms with Gasteiger partial charge >= 0.3 is 0 Å². The van der Waals surface area contributed by atoms with E-state index in [4.69, 9.17) is 0 Å². The van der Waals surface area contributed by atoms with Crippen molar-refractivity contribution >= 4 is 23.6 Å². The quantitative estimate of drug-likeness (QED) is 0.383. The number of nitrogens with one attached hydrogen (secondary N) is 1. The van der Waals surface area contributed by atoms with Crippen molar-refractivity contribution in [2.75, 3.05) is 5.75 Å². The standard InChI is InChI=1S/C30H34N2O2S/c33-29(23-35-22-26-16-8-3-9-17-26)32(21-25-14-6-2-7-15-25)28(20-24-12-4-1-5-13-24)30(34)31-27-18-10-11-19-27/h1-9,12-17,27-28H,10-11,18-23H2,(H,31,34)/t28-/m0/s1. The molecule has 0 unspecified atom stereocenters. The van der Waals surface area contributed by atoms with E-state index in [1.807, 2.05) is 78.9 Å². The second kappa shape index (κ2) is 13.1. The summed E-state index contributed by atoms with van der Waals surface area (Å²) in [6.45, 7) is 0.418. The lowest BCUT2D eigenvalue weighted by Crippen LogP contribution is -2.52. The Kier molecular flexibility index (Phi) is 9.41. The Morgan fingerprint density at radius 1 is 0.800 bits per heavy atom. The first-order valence-electron chi connectivity index (χ1n) is 12.5. The van der Waals surface area contributed by atoms with Gasteiger partial charge in [0.25, 0.3) is 0 Å². The Labute approximate surface area is 213 Å². The Hall–Kier alpha value is -3.05. The highest BCUT2D eigenvalue weighted by Crippen LogP contribution is 2.21. The zero-order chi connectivity index (χ0) is 24.3. The van der Waals surface area contributed by atoms with Crippen LogP contribution in [0.2, 0.25) is 0 Å². The third kappa shape index (κ3) is 7.72. The molecular weight excluding hydrogens is 452 g/mol. The molecule has 3 aromatic carbocycles.